The van der Waals surface area contributed by atoms with E-state index in [1.54, 1.807) is 20.8 Å². The van der Waals surface area contributed by atoms with Crippen LogP contribution in [0.2, 0.25) is 0 Å². The molecule has 120 valence electrons. The van der Waals surface area contributed by atoms with Crippen LogP contribution in [0.4, 0.5) is 13.2 Å². The van der Waals surface area contributed by atoms with Gasteiger partial charge >= 0.3 is 12.1 Å². The zero-order chi connectivity index (χ0) is 16.5. The first-order chi connectivity index (χ1) is 10.2. The third-order valence-corrected chi connectivity index (χ3v) is 3.33. The predicted molar refractivity (Wildman–Crippen MR) is 72.5 cm³/mol. The highest BCUT2D eigenvalue weighted by atomic mass is 32.2. The van der Waals surface area contributed by atoms with Gasteiger partial charge in [-0.1, -0.05) is 11.8 Å². The Morgan fingerprint density at radius 2 is 2.09 bits per heavy atom. The Bertz CT molecular complexity index is 699. The Morgan fingerprint density at radius 1 is 1.41 bits per heavy atom. The summed E-state index contributed by atoms with van der Waals surface area (Å²) in [5.41, 5.74) is 0.480. The number of alkyl halides is 3. The van der Waals surface area contributed by atoms with Crippen LogP contribution in [0.3, 0.4) is 0 Å². The summed E-state index contributed by atoms with van der Waals surface area (Å²) >= 11 is 1.02. The van der Waals surface area contributed by atoms with Gasteiger partial charge in [-0.3, -0.25) is 4.79 Å². The van der Waals surface area contributed by atoms with Gasteiger partial charge in [0, 0.05) is 5.69 Å². The molecule has 2 rings (SSSR count). The number of ether oxygens (including phenoxy) is 1. The van der Waals surface area contributed by atoms with E-state index >= 15 is 0 Å². The van der Waals surface area contributed by atoms with Gasteiger partial charge in [0.05, 0.1) is 11.9 Å². The van der Waals surface area contributed by atoms with Gasteiger partial charge in [-0.15, -0.1) is 5.10 Å². The van der Waals surface area contributed by atoms with Gasteiger partial charge < -0.3 is 4.74 Å². The lowest BCUT2D eigenvalue weighted by Crippen LogP contribution is -2.13. The average Bonchev–Trinajstić information content (AvgIpc) is 2.78. The van der Waals surface area contributed by atoms with Gasteiger partial charge in [-0.2, -0.15) is 22.7 Å². The predicted octanol–water partition coefficient (Wildman–Crippen LogP) is 2.50. The van der Waals surface area contributed by atoms with E-state index in [1.165, 1.54) is 6.07 Å². The number of rotatable bonds is 4. The fourth-order valence-corrected chi connectivity index (χ4v) is 2.44. The molecular formula is C12H13F3N4O2S. The zero-order valence-electron chi connectivity index (χ0n) is 12.0. The minimum Gasteiger partial charge on any atom is -0.462 e. The van der Waals surface area contributed by atoms with E-state index in [4.69, 9.17) is 4.74 Å². The summed E-state index contributed by atoms with van der Waals surface area (Å²) in [5.74, 6) is -1.93. The molecule has 0 bridgehead atoms. The average molecular weight is 334 g/mol. The van der Waals surface area contributed by atoms with Gasteiger partial charge in [-0.25, -0.2) is 4.98 Å². The number of carbonyl (C=O) groups is 1. The zero-order valence-corrected chi connectivity index (χ0v) is 12.8. The van der Waals surface area contributed by atoms with Crippen molar-refractivity contribution in [1.29, 1.82) is 0 Å². The second kappa shape index (κ2) is 6.11. The molecule has 0 N–H and O–H groups in total. The van der Waals surface area contributed by atoms with E-state index in [1.807, 2.05) is 0 Å². The van der Waals surface area contributed by atoms with Crippen LogP contribution in [-0.4, -0.2) is 37.4 Å². The van der Waals surface area contributed by atoms with Crippen molar-refractivity contribution in [3.8, 4) is 0 Å². The molecule has 10 heteroatoms. The molecule has 0 aromatic carbocycles. The van der Waals surface area contributed by atoms with Gasteiger partial charge in [0.1, 0.15) is 5.03 Å². The molecule has 2 heterocycles. The number of halogens is 3. The molecule has 22 heavy (non-hydrogen) atoms. The third-order valence-electron chi connectivity index (χ3n) is 2.37. The first-order valence-corrected chi connectivity index (χ1v) is 7.29. The van der Waals surface area contributed by atoms with E-state index in [-0.39, 0.29) is 17.6 Å². The highest BCUT2D eigenvalue weighted by molar-refractivity contribution is 7.99. The maximum Gasteiger partial charge on any atom is 0.453 e. The van der Waals surface area contributed by atoms with Crippen LogP contribution >= 0.6 is 11.8 Å². The molecule has 0 radical (unpaired) electrons. The molecule has 0 spiro atoms. The van der Waals surface area contributed by atoms with Crippen LogP contribution in [0.5, 0.6) is 0 Å². The first-order valence-electron chi connectivity index (χ1n) is 6.30. The van der Waals surface area contributed by atoms with E-state index in [9.17, 15) is 18.0 Å². The van der Waals surface area contributed by atoms with Gasteiger partial charge in [0.15, 0.2) is 0 Å². The minimum absolute atomic E-state index is 0.0437. The SMILES string of the molecule is Cc1cc(SCC(=O)OC(C)C)n2nc(C(F)(F)F)nc2n1. The molecule has 0 aliphatic heterocycles. The second-order valence-corrected chi connectivity index (χ2v) is 5.70. The molecule has 2 aromatic heterocycles. The Hall–Kier alpha value is -1.84. The van der Waals surface area contributed by atoms with Crippen LogP contribution in [0, 0.1) is 6.92 Å². The number of carbonyl (C=O) groups excluding carboxylic acids is 1. The third kappa shape index (κ3) is 3.87. The molecule has 0 atom stereocenters. The Labute approximate surface area is 128 Å². The summed E-state index contributed by atoms with van der Waals surface area (Å²) in [6.07, 6.45) is -4.91. The number of aromatic nitrogens is 4. The Morgan fingerprint density at radius 3 is 2.68 bits per heavy atom. The lowest BCUT2D eigenvalue weighted by molar-refractivity contribution is -0.145. The fraction of sp³-hybridized carbons (Fsp3) is 0.500. The second-order valence-electron chi connectivity index (χ2n) is 4.71. The topological polar surface area (TPSA) is 69.4 Å². The number of aryl methyl sites for hydroxylation is 1. The molecular weight excluding hydrogens is 321 g/mol. The van der Waals surface area contributed by atoms with Crippen LogP contribution in [0.15, 0.2) is 11.1 Å². The lowest BCUT2D eigenvalue weighted by atomic mass is 10.5. The molecule has 0 aliphatic rings. The smallest absolute Gasteiger partial charge is 0.453 e. The summed E-state index contributed by atoms with van der Waals surface area (Å²) in [4.78, 5) is 18.8. The number of nitrogens with zero attached hydrogens (tertiary/aromatic N) is 4. The van der Waals surface area contributed by atoms with Crippen molar-refractivity contribution in [1.82, 2.24) is 19.6 Å². The van der Waals surface area contributed by atoms with Gasteiger partial charge in [0.2, 0.25) is 0 Å². The number of thioether (sulfide) groups is 1. The van der Waals surface area contributed by atoms with Crippen molar-refractivity contribution < 1.29 is 22.7 Å². The maximum atomic E-state index is 12.7. The van der Waals surface area contributed by atoms with Gasteiger partial charge in [-0.05, 0) is 26.8 Å². The Kier molecular flexibility index (Phi) is 4.59. The molecule has 0 saturated heterocycles. The van der Waals surface area contributed by atoms with Crippen LogP contribution < -0.4 is 0 Å². The molecule has 0 aliphatic carbocycles. The fourth-order valence-electron chi connectivity index (χ4n) is 1.61. The van der Waals surface area contributed by atoms with Crippen LogP contribution in [0.25, 0.3) is 5.78 Å². The van der Waals surface area contributed by atoms with Crippen molar-refractivity contribution in [3.63, 3.8) is 0 Å². The normalized spacial score (nSPS) is 12.1. The molecule has 0 amide bonds. The highest BCUT2D eigenvalue weighted by Crippen LogP contribution is 2.28. The summed E-state index contributed by atoms with van der Waals surface area (Å²) in [5, 5.41) is 3.75. The number of esters is 1. The number of hydrogen-bond acceptors (Lipinski definition) is 6. The molecule has 2 aromatic rings. The van der Waals surface area contributed by atoms with E-state index in [0.29, 0.717) is 10.7 Å². The van der Waals surface area contributed by atoms with E-state index in [0.717, 1.165) is 16.3 Å². The number of fused-ring (bicyclic) bond motifs is 1. The minimum atomic E-state index is -4.65. The standard InChI is InChI=1S/C12H13F3N4O2S/c1-6(2)21-9(20)5-22-8-4-7(3)16-11-17-10(12(13,14)15)18-19(8)11/h4,6H,5H2,1-3H3. The van der Waals surface area contributed by atoms with Crippen LogP contribution in [0.1, 0.15) is 25.4 Å². The largest absolute Gasteiger partial charge is 0.462 e. The monoisotopic (exact) mass is 334 g/mol. The van der Waals surface area contributed by atoms with Crippen molar-refractivity contribution >= 4 is 23.5 Å². The quantitative estimate of drug-likeness (QED) is 0.486. The molecule has 0 unspecified atom stereocenters. The van der Waals surface area contributed by atoms with Crippen molar-refractivity contribution in [2.24, 2.45) is 0 Å². The summed E-state index contributed by atoms with van der Waals surface area (Å²) in [7, 11) is 0. The summed E-state index contributed by atoms with van der Waals surface area (Å²) < 4.78 is 44.0. The van der Waals surface area contributed by atoms with E-state index in [2.05, 4.69) is 15.1 Å². The first kappa shape index (κ1) is 16.5. The van der Waals surface area contributed by atoms with Crippen molar-refractivity contribution in [3.05, 3.63) is 17.6 Å². The lowest BCUT2D eigenvalue weighted by Gasteiger charge is -2.08. The molecule has 0 saturated carbocycles. The summed E-state index contributed by atoms with van der Waals surface area (Å²) in [6.45, 7) is 5.05. The summed E-state index contributed by atoms with van der Waals surface area (Å²) in [6, 6.07) is 1.54. The van der Waals surface area contributed by atoms with Gasteiger partial charge in [0.25, 0.3) is 11.6 Å². The maximum absolute atomic E-state index is 12.7. The van der Waals surface area contributed by atoms with E-state index < -0.39 is 18.0 Å². The molecule has 0 fully saturated rings. The molecule has 6 nitrogen and oxygen atoms in total. The van der Waals surface area contributed by atoms with Crippen molar-refractivity contribution in [2.45, 2.75) is 38.1 Å². The van der Waals surface area contributed by atoms with Crippen LogP contribution in [-0.2, 0) is 15.7 Å². The number of hydrogen-bond donors (Lipinski definition) is 0. The Balaban J connectivity index is 2.29. The van der Waals surface area contributed by atoms with Crippen molar-refractivity contribution in [2.75, 3.05) is 5.75 Å². The highest BCUT2D eigenvalue weighted by Gasteiger charge is 2.36.